The summed E-state index contributed by atoms with van der Waals surface area (Å²) in [5.41, 5.74) is 0.779. The molecule has 3 N–H and O–H groups in total. The number of aromatic hydroxyl groups is 1. The second-order valence-electron chi connectivity index (χ2n) is 4.29. The molecule has 1 fully saturated rings. The van der Waals surface area contributed by atoms with Crippen LogP contribution in [0, 0.1) is 0 Å². The maximum absolute atomic E-state index is 10.1. The summed E-state index contributed by atoms with van der Waals surface area (Å²) < 4.78 is 0. The van der Waals surface area contributed by atoms with E-state index in [9.17, 15) is 10.2 Å². The second kappa shape index (κ2) is 4.21. The molecule has 0 amide bonds. The van der Waals surface area contributed by atoms with Crippen LogP contribution in [0.2, 0.25) is 0 Å². The summed E-state index contributed by atoms with van der Waals surface area (Å²) in [6, 6.07) is 7.42. The van der Waals surface area contributed by atoms with Crippen molar-refractivity contribution in [3.63, 3.8) is 0 Å². The molecule has 82 valence electrons. The van der Waals surface area contributed by atoms with Crippen molar-refractivity contribution in [1.29, 1.82) is 0 Å². The van der Waals surface area contributed by atoms with Crippen molar-refractivity contribution in [1.82, 2.24) is 5.32 Å². The Kier molecular flexibility index (Phi) is 2.93. The first-order chi connectivity index (χ1) is 7.16. The molecule has 0 bridgehead atoms. The van der Waals surface area contributed by atoms with E-state index in [0.717, 1.165) is 18.4 Å². The van der Waals surface area contributed by atoms with E-state index >= 15 is 0 Å². The van der Waals surface area contributed by atoms with Crippen molar-refractivity contribution >= 4 is 0 Å². The van der Waals surface area contributed by atoms with Crippen molar-refractivity contribution in [2.45, 2.75) is 38.0 Å². The average molecular weight is 207 g/mol. The lowest BCUT2D eigenvalue weighted by Gasteiger charge is -2.19. The quantitative estimate of drug-likeness (QED) is 0.690. The summed E-state index contributed by atoms with van der Waals surface area (Å²) in [6.07, 6.45) is 1.56. The van der Waals surface area contributed by atoms with Crippen LogP contribution in [0.4, 0.5) is 0 Å². The zero-order chi connectivity index (χ0) is 10.8. The molecule has 2 rings (SSSR count). The molecule has 0 radical (unpaired) electrons. The molecule has 1 aromatic carbocycles. The van der Waals surface area contributed by atoms with Crippen LogP contribution in [0.1, 0.15) is 31.4 Å². The topological polar surface area (TPSA) is 52.5 Å². The number of aliphatic hydroxyl groups is 1. The van der Waals surface area contributed by atoms with Gasteiger partial charge in [-0.2, -0.15) is 0 Å². The first-order valence-corrected chi connectivity index (χ1v) is 5.40. The number of aliphatic hydroxyl groups excluding tert-OH is 1. The van der Waals surface area contributed by atoms with Crippen LogP contribution in [0.3, 0.4) is 0 Å². The third-order valence-electron chi connectivity index (χ3n) is 3.00. The van der Waals surface area contributed by atoms with Gasteiger partial charge in [0.25, 0.3) is 0 Å². The van der Waals surface area contributed by atoms with Gasteiger partial charge in [0, 0.05) is 12.1 Å². The molecule has 1 aromatic rings. The van der Waals surface area contributed by atoms with E-state index in [0.29, 0.717) is 6.04 Å². The van der Waals surface area contributed by atoms with Gasteiger partial charge in [-0.15, -0.1) is 0 Å². The molecule has 0 saturated carbocycles. The number of rotatable bonds is 2. The number of hydrogen-bond donors (Lipinski definition) is 3. The molecule has 3 nitrogen and oxygen atoms in total. The molecule has 1 saturated heterocycles. The predicted octanol–water partition coefficient (Wildman–Crippen LogP) is 1.57. The van der Waals surface area contributed by atoms with Gasteiger partial charge in [0.05, 0.1) is 6.10 Å². The number of phenols is 1. The van der Waals surface area contributed by atoms with Crippen LogP contribution >= 0.6 is 0 Å². The molecular formula is C12H17NO2. The largest absolute Gasteiger partial charge is 0.508 e. The Bertz CT molecular complexity index is 340. The number of benzene rings is 1. The van der Waals surface area contributed by atoms with Gasteiger partial charge in [0.2, 0.25) is 0 Å². The smallest absolute Gasteiger partial charge is 0.115 e. The first-order valence-electron chi connectivity index (χ1n) is 5.40. The Morgan fingerprint density at radius 1 is 1.40 bits per heavy atom. The van der Waals surface area contributed by atoms with Crippen molar-refractivity contribution < 1.29 is 10.2 Å². The highest BCUT2D eigenvalue weighted by Crippen LogP contribution is 2.26. The van der Waals surface area contributed by atoms with E-state index < -0.39 is 6.10 Å². The van der Waals surface area contributed by atoms with E-state index in [-0.39, 0.29) is 11.8 Å². The fourth-order valence-corrected chi connectivity index (χ4v) is 2.15. The van der Waals surface area contributed by atoms with Crippen molar-refractivity contribution in [3.05, 3.63) is 29.8 Å². The zero-order valence-electron chi connectivity index (χ0n) is 8.85. The van der Waals surface area contributed by atoms with Gasteiger partial charge in [-0.3, -0.25) is 0 Å². The molecule has 0 aromatic heterocycles. The first kappa shape index (κ1) is 10.5. The van der Waals surface area contributed by atoms with E-state index in [1.807, 2.05) is 6.07 Å². The van der Waals surface area contributed by atoms with E-state index in [1.54, 1.807) is 18.2 Å². The lowest BCUT2D eigenvalue weighted by Crippen LogP contribution is -2.32. The lowest BCUT2D eigenvalue weighted by atomic mass is 10.0. The van der Waals surface area contributed by atoms with Crippen LogP contribution in [0.15, 0.2) is 24.3 Å². The standard InChI is InChI=1S/C12H17NO2/c1-8-5-6-11(13-8)12(15)9-3-2-4-10(14)7-9/h2-4,7-8,11-15H,5-6H2,1H3/t8-,11-,12?/m1/s1. The Morgan fingerprint density at radius 3 is 2.80 bits per heavy atom. The Labute approximate surface area is 89.8 Å². The molecule has 1 unspecified atom stereocenters. The van der Waals surface area contributed by atoms with E-state index in [2.05, 4.69) is 12.2 Å². The van der Waals surface area contributed by atoms with Gasteiger partial charge in [0.1, 0.15) is 5.75 Å². The third kappa shape index (κ3) is 2.30. The minimum absolute atomic E-state index is 0.113. The Morgan fingerprint density at radius 2 is 2.20 bits per heavy atom. The Hall–Kier alpha value is -1.06. The zero-order valence-corrected chi connectivity index (χ0v) is 8.85. The van der Waals surface area contributed by atoms with Gasteiger partial charge in [-0.05, 0) is 37.5 Å². The highest BCUT2D eigenvalue weighted by molar-refractivity contribution is 5.29. The van der Waals surface area contributed by atoms with Gasteiger partial charge in [-0.25, -0.2) is 0 Å². The van der Waals surface area contributed by atoms with Crippen LogP contribution < -0.4 is 5.32 Å². The minimum Gasteiger partial charge on any atom is -0.508 e. The summed E-state index contributed by atoms with van der Waals surface area (Å²) in [7, 11) is 0. The fraction of sp³-hybridized carbons (Fsp3) is 0.500. The highest BCUT2D eigenvalue weighted by Gasteiger charge is 2.27. The SMILES string of the molecule is C[C@@H]1CC[C@H](C(O)c2cccc(O)c2)N1. The number of phenolic OH excluding ortho intramolecular Hbond substituents is 1. The molecule has 0 aliphatic carbocycles. The van der Waals surface area contributed by atoms with Crippen LogP contribution in [-0.2, 0) is 0 Å². The summed E-state index contributed by atoms with van der Waals surface area (Å²) >= 11 is 0. The third-order valence-corrected chi connectivity index (χ3v) is 3.00. The van der Waals surface area contributed by atoms with Gasteiger partial charge >= 0.3 is 0 Å². The average Bonchev–Trinajstić information content (AvgIpc) is 2.64. The molecule has 3 atom stereocenters. The molecule has 1 aliphatic rings. The summed E-state index contributed by atoms with van der Waals surface area (Å²) in [4.78, 5) is 0. The summed E-state index contributed by atoms with van der Waals surface area (Å²) in [5, 5.41) is 22.8. The number of nitrogens with one attached hydrogen (secondary N) is 1. The van der Waals surface area contributed by atoms with Gasteiger partial charge in [-0.1, -0.05) is 12.1 Å². The normalized spacial score (nSPS) is 27.9. The second-order valence-corrected chi connectivity index (χ2v) is 4.29. The molecular weight excluding hydrogens is 190 g/mol. The maximum atomic E-state index is 10.1. The fourth-order valence-electron chi connectivity index (χ4n) is 2.15. The highest BCUT2D eigenvalue weighted by atomic mass is 16.3. The van der Waals surface area contributed by atoms with Crippen molar-refractivity contribution in [2.24, 2.45) is 0 Å². The summed E-state index contributed by atoms with van der Waals surface area (Å²) in [5.74, 6) is 0.206. The molecule has 15 heavy (non-hydrogen) atoms. The van der Waals surface area contributed by atoms with Gasteiger partial charge in [0.15, 0.2) is 0 Å². The molecule has 1 heterocycles. The van der Waals surface area contributed by atoms with Gasteiger partial charge < -0.3 is 15.5 Å². The van der Waals surface area contributed by atoms with Crippen LogP contribution in [-0.4, -0.2) is 22.3 Å². The number of hydrogen-bond acceptors (Lipinski definition) is 3. The van der Waals surface area contributed by atoms with E-state index in [1.165, 1.54) is 0 Å². The van der Waals surface area contributed by atoms with Crippen molar-refractivity contribution in [3.8, 4) is 5.75 Å². The predicted molar refractivity (Wildman–Crippen MR) is 58.7 cm³/mol. The summed E-state index contributed by atoms with van der Waals surface area (Å²) in [6.45, 7) is 2.12. The molecule has 0 spiro atoms. The molecule has 3 heteroatoms. The Balaban J connectivity index is 2.10. The van der Waals surface area contributed by atoms with E-state index in [4.69, 9.17) is 0 Å². The monoisotopic (exact) mass is 207 g/mol. The maximum Gasteiger partial charge on any atom is 0.115 e. The minimum atomic E-state index is -0.526. The van der Waals surface area contributed by atoms with Crippen LogP contribution in [0.5, 0.6) is 5.75 Å². The van der Waals surface area contributed by atoms with Crippen molar-refractivity contribution in [2.75, 3.05) is 0 Å². The van der Waals surface area contributed by atoms with Crippen LogP contribution in [0.25, 0.3) is 0 Å². The lowest BCUT2D eigenvalue weighted by molar-refractivity contribution is 0.135. The molecule has 1 aliphatic heterocycles.